The Balaban J connectivity index is 1.39. The topological polar surface area (TPSA) is 74.0 Å². The van der Waals surface area contributed by atoms with Crippen LogP contribution < -0.4 is 11.1 Å². The molecule has 1 saturated heterocycles. The molecule has 1 aliphatic heterocycles. The van der Waals surface area contributed by atoms with E-state index >= 15 is 0 Å². The van der Waals surface area contributed by atoms with Gasteiger partial charge in [-0.15, -0.1) is 0 Å². The van der Waals surface area contributed by atoms with Crippen molar-refractivity contribution >= 4 is 17.6 Å². The maximum absolute atomic E-state index is 12.5. The van der Waals surface area contributed by atoms with E-state index in [1.165, 1.54) is 24.0 Å². The molecule has 27 heavy (non-hydrogen) atoms. The van der Waals surface area contributed by atoms with Gasteiger partial charge in [0.15, 0.2) is 5.96 Å². The number of hydrogen-bond donors (Lipinski definition) is 2. The summed E-state index contributed by atoms with van der Waals surface area (Å²) in [6.07, 6.45) is 4.60. The van der Waals surface area contributed by atoms with Crippen molar-refractivity contribution in [1.82, 2.24) is 9.80 Å². The molecule has 1 heterocycles. The normalized spacial score (nSPS) is 19.5. The molecule has 6 heteroatoms. The quantitative estimate of drug-likeness (QED) is 0.616. The fourth-order valence-corrected chi connectivity index (χ4v) is 4.17. The molecule has 0 bridgehead atoms. The van der Waals surface area contributed by atoms with E-state index in [2.05, 4.69) is 52.2 Å². The zero-order valence-electron chi connectivity index (χ0n) is 16.7. The number of nitrogens with one attached hydrogen (secondary N) is 1. The summed E-state index contributed by atoms with van der Waals surface area (Å²) in [7, 11) is 0. The van der Waals surface area contributed by atoms with E-state index in [-0.39, 0.29) is 5.92 Å². The molecule has 1 aromatic carbocycles. The maximum atomic E-state index is 12.5. The zero-order chi connectivity index (χ0) is 19.2. The van der Waals surface area contributed by atoms with E-state index in [0.717, 1.165) is 51.3 Å². The summed E-state index contributed by atoms with van der Waals surface area (Å²) in [5, 5.41) is 3.17. The molecule has 148 valence electrons. The highest BCUT2D eigenvalue weighted by Gasteiger charge is 2.29. The predicted octanol–water partition coefficient (Wildman–Crippen LogP) is 2.36. The number of carbonyl (C=O) groups is 1. The Morgan fingerprint density at radius 1 is 1.11 bits per heavy atom. The van der Waals surface area contributed by atoms with Gasteiger partial charge >= 0.3 is 0 Å². The Morgan fingerprint density at radius 2 is 1.74 bits per heavy atom. The summed E-state index contributed by atoms with van der Waals surface area (Å²) in [4.78, 5) is 21.4. The highest BCUT2D eigenvalue weighted by molar-refractivity contribution is 5.92. The summed E-state index contributed by atoms with van der Waals surface area (Å²) < 4.78 is 0. The summed E-state index contributed by atoms with van der Waals surface area (Å²) in [6.45, 7) is 9.23. The molecule has 1 aliphatic carbocycles. The van der Waals surface area contributed by atoms with Crippen LogP contribution in [0.3, 0.4) is 0 Å². The van der Waals surface area contributed by atoms with Gasteiger partial charge in [-0.05, 0) is 49.9 Å². The first kappa shape index (κ1) is 19.7. The van der Waals surface area contributed by atoms with Gasteiger partial charge in [-0.1, -0.05) is 18.9 Å². The van der Waals surface area contributed by atoms with E-state index in [4.69, 9.17) is 5.73 Å². The average molecular weight is 372 g/mol. The Kier molecular flexibility index (Phi) is 6.72. The van der Waals surface area contributed by atoms with Crippen LogP contribution in [-0.4, -0.2) is 60.9 Å². The third-order valence-electron chi connectivity index (χ3n) is 5.58. The number of anilines is 1. The lowest BCUT2D eigenvalue weighted by Crippen LogP contribution is -2.50. The van der Waals surface area contributed by atoms with Crippen molar-refractivity contribution in [2.45, 2.75) is 39.5 Å². The summed E-state index contributed by atoms with van der Waals surface area (Å²) in [5.74, 6) is 1.12. The molecular weight excluding hydrogens is 338 g/mol. The highest BCUT2D eigenvalue weighted by atomic mass is 16.2. The van der Waals surface area contributed by atoms with Gasteiger partial charge in [0, 0.05) is 44.3 Å². The molecule has 0 aromatic heterocycles. The minimum Gasteiger partial charge on any atom is -0.370 e. The largest absolute Gasteiger partial charge is 0.370 e. The number of amides is 1. The molecule has 1 saturated carbocycles. The minimum atomic E-state index is 0.289. The highest BCUT2D eigenvalue weighted by Crippen LogP contribution is 2.26. The Labute approximate surface area is 162 Å². The van der Waals surface area contributed by atoms with Crippen LogP contribution in [0.4, 0.5) is 5.69 Å². The average Bonchev–Trinajstić information content (AvgIpc) is 3.15. The summed E-state index contributed by atoms with van der Waals surface area (Å²) in [6, 6.07) is 6.27. The molecular formula is C21H33N5O. The number of carbonyl (C=O) groups excluding carboxylic acids is 1. The van der Waals surface area contributed by atoms with Crippen molar-refractivity contribution in [2.75, 3.05) is 44.6 Å². The number of aryl methyl sites for hydroxylation is 2. The van der Waals surface area contributed by atoms with E-state index in [1.807, 2.05) is 0 Å². The second-order valence-corrected chi connectivity index (χ2v) is 7.92. The van der Waals surface area contributed by atoms with Crippen LogP contribution in [0.25, 0.3) is 0 Å². The molecule has 6 nitrogen and oxygen atoms in total. The smallest absolute Gasteiger partial charge is 0.225 e. The monoisotopic (exact) mass is 371 g/mol. The van der Waals surface area contributed by atoms with Gasteiger partial charge in [-0.2, -0.15) is 0 Å². The van der Waals surface area contributed by atoms with Crippen LogP contribution in [-0.2, 0) is 4.79 Å². The SMILES string of the molecule is Cc1cc(C)cc(NC(N)=NCCN2CCN(C(=O)C3CCCC3)CC2)c1. The number of aliphatic imine (C=N–C) groups is 1. The molecule has 0 atom stereocenters. The Morgan fingerprint density at radius 3 is 2.37 bits per heavy atom. The van der Waals surface area contributed by atoms with E-state index in [1.54, 1.807) is 0 Å². The number of benzene rings is 1. The third-order valence-corrected chi connectivity index (χ3v) is 5.58. The van der Waals surface area contributed by atoms with Gasteiger partial charge in [0.25, 0.3) is 0 Å². The van der Waals surface area contributed by atoms with Gasteiger partial charge in [0.2, 0.25) is 5.91 Å². The lowest BCUT2D eigenvalue weighted by atomic mass is 10.1. The molecule has 3 rings (SSSR count). The fraction of sp³-hybridized carbons (Fsp3) is 0.619. The fourth-order valence-electron chi connectivity index (χ4n) is 4.17. The lowest BCUT2D eigenvalue weighted by Gasteiger charge is -2.35. The maximum Gasteiger partial charge on any atom is 0.225 e. The summed E-state index contributed by atoms with van der Waals surface area (Å²) in [5.41, 5.74) is 9.41. The molecule has 2 aliphatic rings. The van der Waals surface area contributed by atoms with Crippen LogP contribution in [0.1, 0.15) is 36.8 Å². The number of nitrogens with zero attached hydrogens (tertiary/aromatic N) is 3. The second kappa shape index (κ2) is 9.22. The van der Waals surface area contributed by atoms with Gasteiger partial charge < -0.3 is 16.0 Å². The second-order valence-electron chi connectivity index (χ2n) is 7.92. The van der Waals surface area contributed by atoms with Gasteiger partial charge in [-0.25, -0.2) is 0 Å². The summed E-state index contributed by atoms with van der Waals surface area (Å²) >= 11 is 0. The van der Waals surface area contributed by atoms with E-state index in [9.17, 15) is 4.79 Å². The van der Waals surface area contributed by atoms with Crippen LogP contribution in [0.15, 0.2) is 23.2 Å². The van der Waals surface area contributed by atoms with Crippen LogP contribution in [0, 0.1) is 19.8 Å². The first-order chi connectivity index (χ1) is 13.0. The molecule has 0 spiro atoms. The van der Waals surface area contributed by atoms with Crippen LogP contribution in [0.2, 0.25) is 0 Å². The molecule has 1 amide bonds. The molecule has 1 aromatic rings. The van der Waals surface area contributed by atoms with Crippen molar-refractivity contribution in [2.24, 2.45) is 16.6 Å². The van der Waals surface area contributed by atoms with Gasteiger partial charge in [0.05, 0.1) is 6.54 Å². The Bertz CT molecular complexity index is 653. The number of hydrogen-bond acceptors (Lipinski definition) is 3. The lowest BCUT2D eigenvalue weighted by molar-refractivity contribution is -0.137. The van der Waals surface area contributed by atoms with Gasteiger partial charge in [0.1, 0.15) is 0 Å². The first-order valence-corrected chi connectivity index (χ1v) is 10.2. The van der Waals surface area contributed by atoms with E-state index < -0.39 is 0 Å². The van der Waals surface area contributed by atoms with Crippen molar-refractivity contribution in [3.63, 3.8) is 0 Å². The predicted molar refractivity (Wildman–Crippen MR) is 111 cm³/mol. The zero-order valence-corrected chi connectivity index (χ0v) is 16.7. The number of piperazine rings is 1. The van der Waals surface area contributed by atoms with Crippen molar-refractivity contribution < 1.29 is 4.79 Å². The third kappa shape index (κ3) is 5.70. The standard InChI is InChI=1S/C21H33N5O/c1-16-13-17(2)15-19(14-16)24-21(22)23-7-8-25-9-11-26(12-10-25)20(27)18-5-3-4-6-18/h13-15,18H,3-12H2,1-2H3,(H3,22,23,24). The molecule has 0 unspecified atom stereocenters. The number of guanidine groups is 1. The van der Waals surface area contributed by atoms with E-state index in [0.29, 0.717) is 18.4 Å². The number of rotatable bonds is 5. The van der Waals surface area contributed by atoms with Crippen molar-refractivity contribution in [3.05, 3.63) is 29.3 Å². The van der Waals surface area contributed by atoms with Crippen LogP contribution in [0.5, 0.6) is 0 Å². The van der Waals surface area contributed by atoms with Gasteiger partial charge in [-0.3, -0.25) is 14.7 Å². The molecule has 3 N–H and O–H groups in total. The first-order valence-electron chi connectivity index (χ1n) is 10.2. The van der Waals surface area contributed by atoms with Crippen molar-refractivity contribution in [1.29, 1.82) is 0 Å². The number of nitrogens with two attached hydrogens (primary N) is 1. The van der Waals surface area contributed by atoms with Crippen LogP contribution >= 0.6 is 0 Å². The van der Waals surface area contributed by atoms with Crippen molar-refractivity contribution in [3.8, 4) is 0 Å². The molecule has 0 radical (unpaired) electrons. The molecule has 2 fully saturated rings. The minimum absolute atomic E-state index is 0.289. The Hall–Kier alpha value is -2.08.